The number of hydrogen-bond donors (Lipinski definition) is 0. The Morgan fingerprint density at radius 3 is 2.44 bits per heavy atom. The van der Waals surface area contributed by atoms with Gasteiger partial charge in [-0.25, -0.2) is 0 Å². The van der Waals surface area contributed by atoms with Gasteiger partial charge in [-0.2, -0.15) is 0 Å². The molecule has 0 saturated heterocycles. The lowest BCUT2D eigenvalue weighted by Gasteiger charge is -2.01. The van der Waals surface area contributed by atoms with Crippen LogP contribution in [-0.4, -0.2) is 13.6 Å². The number of rotatable bonds is 7. The molecule has 0 aromatic carbocycles. The van der Waals surface area contributed by atoms with Crippen molar-refractivity contribution < 1.29 is 0 Å². The van der Waals surface area contributed by atoms with Crippen LogP contribution < -0.4 is 0 Å². The van der Waals surface area contributed by atoms with Crippen LogP contribution in [0.1, 0.15) is 52.4 Å². The molecule has 0 spiro atoms. The fourth-order valence-electron chi connectivity index (χ4n) is 2.08. The van der Waals surface area contributed by atoms with E-state index in [2.05, 4.69) is 38.6 Å². The van der Waals surface area contributed by atoms with Gasteiger partial charge in [0.1, 0.15) is 0 Å². The lowest BCUT2D eigenvalue weighted by molar-refractivity contribution is 0.768. The van der Waals surface area contributed by atoms with Crippen molar-refractivity contribution in [1.82, 2.24) is 0 Å². The van der Waals surface area contributed by atoms with E-state index in [-0.39, 0.29) is 8.41 Å². The SMILES string of the molecule is CCCCC[Si](C)=C1C=CC(CCCC)=C1. The van der Waals surface area contributed by atoms with Crippen LogP contribution in [0.25, 0.3) is 0 Å². The van der Waals surface area contributed by atoms with Gasteiger partial charge < -0.3 is 0 Å². The highest BCUT2D eigenvalue weighted by Crippen LogP contribution is 2.15. The van der Waals surface area contributed by atoms with Crippen LogP contribution in [0.5, 0.6) is 0 Å². The first-order chi connectivity index (χ1) is 7.77. The van der Waals surface area contributed by atoms with Gasteiger partial charge in [0, 0.05) is 8.41 Å². The van der Waals surface area contributed by atoms with E-state index in [0.29, 0.717) is 0 Å². The molecule has 0 aromatic heterocycles. The Balaban J connectivity index is 2.45. The van der Waals surface area contributed by atoms with E-state index in [9.17, 15) is 0 Å². The Kier molecular flexibility index (Phi) is 6.63. The molecule has 1 rings (SSSR count). The first-order valence-corrected chi connectivity index (χ1v) is 9.07. The molecule has 0 heterocycles. The second-order valence-electron chi connectivity index (χ2n) is 4.85. The predicted octanol–water partition coefficient (Wildman–Crippen LogP) is 4.74. The van der Waals surface area contributed by atoms with Gasteiger partial charge in [-0.15, -0.1) is 0 Å². The van der Waals surface area contributed by atoms with Crippen LogP contribution in [0.4, 0.5) is 0 Å². The molecule has 0 nitrogen and oxygen atoms in total. The minimum Gasteiger partial charge on any atom is -0.0654 e. The average Bonchev–Trinajstić information content (AvgIpc) is 2.75. The topological polar surface area (TPSA) is 0 Å². The van der Waals surface area contributed by atoms with E-state index < -0.39 is 0 Å². The molecule has 16 heavy (non-hydrogen) atoms. The zero-order valence-corrected chi connectivity index (χ0v) is 12.2. The second kappa shape index (κ2) is 7.78. The molecule has 90 valence electrons. The molecule has 0 unspecified atom stereocenters. The van der Waals surface area contributed by atoms with E-state index >= 15 is 0 Å². The summed E-state index contributed by atoms with van der Waals surface area (Å²) in [6.45, 7) is 7.02. The second-order valence-corrected chi connectivity index (χ2v) is 7.49. The van der Waals surface area contributed by atoms with Crippen molar-refractivity contribution in [2.75, 3.05) is 0 Å². The largest absolute Gasteiger partial charge is 0.0654 e. The molecular formula is C15H26Si. The summed E-state index contributed by atoms with van der Waals surface area (Å²) < 4.78 is 0. The first kappa shape index (κ1) is 13.6. The van der Waals surface area contributed by atoms with Gasteiger partial charge in [0.15, 0.2) is 0 Å². The van der Waals surface area contributed by atoms with Gasteiger partial charge in [0.2, 0.25) is 0 Å². The highest BCUT2D eigenvalue weighted by atomic mass is 28.2. The van der Waals surface area contributed by atoms with Crippen LogP contribution in [0.2, 0.25) is 12.6 Å². The number of hydrogen-bond acceptors (Lipinski definition) is 0. The zero-order valence-electron chi connectivity index (χ0n) is 11.2. The van der Waals surface area contributed by atoms with E-state index in [1.165, 1.54) is 44.6 Å². The van der Waals surface area contributed by atoms with Gasteiger partial charge in [-0.05, 0) is 29.6 Å². The fourth-order valence-corrected chi connectivity index (χ4v) is 3.95. The van der Waals surface area contributed by atoms with Crippen LogP contribution in [0.15, 0.2) is 23.8 Å². The third-order valence-electron chi connectivity index (χ3n) is 3.28. The van der Waals surface area contributed by atoms with Crippen molar-refractivity contribution in [3.8, 4) is 0 Å². The Hall–Kier alpha value is -0.433. The van der Waals surface area contributed by atoms with E-state index in [0.717, 1.165) is 0 Å². The maximum Gasteiger partial charge on any atom is 0.0161 e. The molecule has 0 radical (unpaired) electrons. The zero-order chi connectivity index (χ0) is 11.8. The van der Waals surface area contributed by atoms with Gasteiger partial charge in [0.05, 0.1) is 0 Å². The third kappa shape index (κ3) is 4.61. The molecule has 0 aromatic rings. The smallest absolute Gasteiger partial charge is 0.0161 e. The van der Waals surface area contributed by atoms with Crippen LogP contribution in [-0.2, 0) is 0 Å². The van der Waals surface area contributed by atoms with Crippen LogP contribution in [0.3, 0.4) is 0 Å². The Labute approximate surface area is 103 Å². The number of unbranched alkanes of at least 4 members (excludes halogenated alkanes) is 3. The van der Waals surface area contributed by atoms with E-state index in [4.69, 9.17) is 0 Å². The lowest BCUT2D eigenvalue weighted by atomic mass is 10.1. The van der Waals surface area contributed by atoms with Crippen molar-refractivity contribution in [2.45, 2.75) is 65.0 Å². The number of allylic oxidation sites excluding steroid dienone is 4. The minimum atomic E-state index is -0.243. The summed E-state index contributed by atoms with van der Waals surface area (Å²) in [6.07, 6.45) is 15.3. The molecule has 1 aliphatic carbocycles. The summed E-state index contributed by atoms with van der Waals surface area (Å²) in [5, 5.41) is 1.66. The highest BCUT2D eigenvalue weighted by molar-refractivity contribution is 6.74. The Bertz CT molecular complexity index is 295. The van der Waals surface area contributed by atoms with Gasteiger partial charge >= 0.3 is 0 Å². The van der Waals surface area contributed by atoms with Gasteiger partial charge in [-0.1, -0.05) is 64.3 Å². The summed E-state index contributed by atoms with van der Waals surface area (Å²) in [5.41, 5.74) is 1.57. The quantitative estimate of drug-likeness (QED) is 0.441. The summed E-state index contributed by atoms with van der Waals surface area (Å²) in [5.74, 6) is 0. The minimum absolute atomic E-state index is 0.243. The van der Waals surface area contributed by atoms with Crippen molar-refractivity contribution in [3.05, 3.63) is 23.8 Å². The molecular weight excluding hydrogens is 208 g/mol. The molecule has 0 bridgehead atoms. The van der Waals surface area contributed by atoms with E-state index in [1.807, 2.05) is 0 Å². The normalized spacial score (nSPS) is 17.8. The van der Waals surface area contributed by atoms with Crippen molar-refractivity contribution in [1.29, 1.82) is 0 Å². The lowest BCUT2D eigenvalue weighted by Crippen LogP contribution is -2.06. The standard InChI is InChI=1S/C15H26Si/c1-4-6-8-12-16(3)15-11-10-14(13-15)9-7-5-2/h10-11,13H,4-9,12H2,1-3H3. The monoisotopic (exact) mass is 234 g/mol. The van der Waals surface area contributed by atoms with Crippen LogP contribution in [0, 0.1) is 0 Å². The van der Waals surface area contributed by atoms with Crippen LogP contribution >= 0.6 is 0 Å². The van der Waals surface area contributed by atoms with Gasteiger partial charge in [0.25, 0.3) is 0 Å². The summed E-state index contributed by atoms with van der Waals surface area (Å²) in [6, 6.07) is 1.45. The molecule has 1 aliphatic rings. The Morgan fingerprint density at radius 2 is 1.75 bits per heavy atom. The molecule has 0 saturated carbocycles. The molecule has 0 atom stereocenters. The summed E-state index contributed by atoms with van der Waals surface area (Å²) in [4.78, 5) is 0. The van der Waals surface area contributed by atoms with E-state index in [1.54, 1.807) is 10.7 Å². The third-order valence-corrected chi connectivity index (χ3v) is 5.69. The molecule has 0 amide bonds. The molecule has 0 fully saturated rings. The Morgan fingerprint density at radius 1 is 1.00 bits per heavy atom. The fraction of sp³-hybridized carbons (Fsp3) is 0.667. The van der Waals surface area contributed by atoms with Crippen molar-refractivity contribution >= 4 is 13.6 Å². The molecule has 1 heteroatoms. The predicted molar refractivity (Wildman–Crippen MR) is 77.7 cm³/mol. The maximum atomic E-state index is 2.47. The molecule has 0 aliphatic heterocycles. The summed E-state index contributed by atoms with van der Waals surface area (Å²) in [7, 11) is -0.243. The maximum absolute atomic E-state index is 2.47. The molecule has 0 N–H and O–H groups in total. The highest BCUT2D eigenvalue weighted by Gasteiger charge is 2.05. The average molecular weight is 234 g/mol. The van der Waals surface area contributed by atoms with Crippen molar-refractivity contribution in [2.24, 2.45) is 0 Å². The summed E-state index contributed by atoms with van der Waals surface area (Å²) >= 11 is 0. The van der Waals surface area contributed by atoms with Gasteiger partial charge in [-0.3, -0.25) is 0 Å². The van der Waals surface area contributed by atoms with Crippen molar-refractivity contribution in [3.63, 3.8) is 0 Å². The first-order valence-electron chi connectivity index (χ1n) is 6.86.